The largest absolute Gasteiger partial charge is 0.458 e. The van der Waals surface area contributed by atoms with Crippen molar-refractivity contribution in [2.45, 2.75) is 74.7 Å². The summed E-state index contributed by atoms with van der Waals surface area (Å²) in [6.45, 7) is 9.05. The zero-order chi connectivity index (χ0) is 22.0. The third-order valence-corrected chi connectivity index (χ3v) is 7.38. The van der Waals surface area contributed by atoms with Gasteiger partial charge in [-0.05, 0) is 32.1 Å². The van der Waals surface area contributed by atoms with Crippen molar-refractivity contribution in [2.75, 3.05) is 6.61 Å². The van der Waals surface area contributed by atoms with E-state index in [1.54, 1.807) is 6.92 Å². The maximum atomic E-state index is 12.1. The van der Waals surface area contributed by atoms with E-state index in [0.717, 1.165) is 5.57 Å². The van der Waals surface area contributed by atoms with Crippen LogP contribution in [0.1, 0.15) is 26.2 Å². The van der Waals surface area contributed by atoms with Gasteiger partial charge < -0.3 is 39.7 Å². The molecule has 30 heavy (non-hydrogen) atoms. The number of rotatable bonds is 3. The molecule has 11 atom stereocenters. The Labute approximate surface area is 174 Å². The molecule has 2 aliphatic heterocycles. The molecule has 4 fully saturated rings. The topological polar surface area (TPSA) is 146 Å². The Kier molecular flexibility index (Phi) is 5.59. The molecule has 9 nitrogen and oxygen atoms in total. The van der Waals surface area contributed by atoms with Crippen molar-refractivity contribution >= 4 is 5.97 Å². The van der Waals surface area contributed by atoms with Crippen LogP contribution in [0.15, 0.2) is 24.3 Å². The van der Waals surface area contributed by atoms with Crippen molar-refractivity contribution in [3.63, 3.8) is 0 Å². The quantitative estimate of drug-likeness (QED) is 0.218. The highest BCUT2D eigenvalue weighted by Crippen LogP contribution is 2.55. The summed E-state index contributed by atoms with van der Waals surface area (Å²) in [6, 6.07) is 0. The Balaban J connectivity index is 1.59. The monoisotopic (exact) mass is 426 g/mol. The summed E-state index contributed by atoms with van der Waals surface area (Å²) < 4.78 is 17.0. The molecule has 4 aliphatic rings. The first-order chi connectivity index (χ1) is 14.1. The molecule has 0 aromatic heterocycles. The molecule has 0 amide bonds. The number of hydrogen-bond acceptors (Lipinski definition) is 9. The minimum atomic E-state index is -1.57. The van der Waals surface area contributed by atoms with Crippen LogP contribution in [0.4, 0.5) is 0 Å². The van der Waals surface area contributed by atoms with Crippen LogP contribution < -0.4 is 0 Å². The van der Waals surface area contributed by atoms with Crippen LogP contribution in [-0.4, -0.2) is 86.6 Å². The molecule has 2 heterocycles. The second kappa shape index (κ2) is 7.67. The van der Waals surface area contributed by atoms with Crippen molar-refractivity contribution in [1.82, 2.24) is 0 Å². The number of allylic oxidation sites excluding steroid dienone is 1. The Hall–Kier alpha value is -1.33. The summed E-state index contributed by atoms with van der Waals surface area (Å²) >= 11 is 0. The molecule has 4 rings (SSSR count). The number of esters is 1. The third-order valence-electron chi connectivity index (χ3n) is 7.38. The minimum Gasteiger partial charge on any atom is -0.458 e. The lowest BCUT2D eigenvalue weighted by molar-refractivity contribution is -0.322. The molecule has 0 aromatic rings. The molecule has 0 spiro atoms. The molecule has 0 unspecified atom stereocenters. The smallest absolute Gasteiger partial charge is 0.334 e. The van der Waals surface area contributed by atoms with Crippen LogP contribution in [0.3, 0.4) is 0 Å². The van der Waals surface area contributed by atoms with Gasteiger partial charge >= 0.3 is 5.97 Å². The molecule has 5 N–H and O–H groups in total. The van der Waals surface area contributed by atoms with Gasteiger partial charge in [0, 0.05) is 17.4 Å². The lowest BCUT2D eigenvalue weighted by Crippen LogP contribution is -2.60. The lowest BCUT2D eigenvalue weighted by atomic mass is 9.77. The summed E-state index contributed by atoms with van der Waals surface area (Å²) in [5.41, 5.74) is -0.120. The van der Waals surface area contributed by atoms with Crippen LogP contribution in [0.2, 0.25) is 0 Å². The first-order valence-corrected chi connectivity index (χ1v) is 10.3. The molecule has 0 radical (unpaired) electrons. The third kappa shape index (κ3) is 3.24. The standard InChI is InChI=1S/C21H30O9/c1-8-4-5-10-9(2)19(26)30-18(10)14-11(8)6-13(21(14,3)27)29-20-17(25)16(24)15(23)12(7-22)28-20/h10-18,20,22-25,27H,1-2,4-7H2,3H3/t10-,11-,12+,13-,14-,15+,16-,17-,18-,20-,21+/m0/s1. The second-order valence-corrected chi connectivity index (χ2v) is 9.11. The lowest BCUT2D eigenvalue weighted by Gasteiger charge is -2.42. The summed E-state index contributed by atoms with van der Waals surface area (Å²) in [7, 11) is 0. The Bertz CT molecular complexity index is 732. The molecule has 9 heteroatoms. The van der Waals surface area contributed by atoms with Crippen molar-refractivity contribution < 1.29 is 44.5 Å². The SMILES string of the molecule is C=C1C(=O)O[C@@H]2[C@@H]3[C@@H](C[C@H](O[C@@H]4O[C@H](CO)[C@@H](O)[C@H](O)[C@@H]4O)[C@@]3(C)O)C(=C)CC[C@@H]12. The van der Waals surface area contributed by atoms with Gasteiger partial charge in [0.1, 0.15) is 30.5 Å². The predicted molar refractivity (Wildman–Crippen MR) is 102 cm³/mol. The Morgan fingerprint density at radius 2 is 1.87 bits per heavy atom. The molecular formula is C21H30O9. The highest BCUT2D eigenvalue weighted by Gasteiger charge is 2.62. The molecule has 0 aromatic carbocycles. The predicted octanol–water partition coefficient (Wildman–Crippen LogP) is -0.994. The number of ether oxygens (including phenoxy) is 3. The van der Waals surface area contributed by atoms with Gasteiger partial charge in [0.2, 0.25) is 0 Å². The molecule has 2 saturated heterocycles. The summed E-state index contributed by atoms with van der Waals surface area (Å²) in [5.74, 6) is -1.31. The van der Waals surface area contributed by atoms with Crippen LogP contribution in [0.5, 0.6) is 0 Å². The number of carbonyl (C=O) groups is 1. The van der Waals surface area contributed by atoms with E-state index in [-0.39, 0.29) is 11.8 Å². The summed E-state index contributed by atoms with van der Waals surface area (Å²) in [6.07, 6.45) is -6.77. The van der Waals surface area contributed by atoms with Gasteiger partial charge in [-0.2, -0.15) is 0 Å². The Morgan fingerprint density at radius 3 is 2.53 bits per heavy atom. The minimum absolute atomic E-state index is 0.177. The van der Waals surface area contributed by atoms with Gasteiger partial charge in [0.15, 0.2) is 6.29 Å². The maximum Gasteiger partial charge on any atom is 0.334 e. The fraction of sp³-hybridized carbons (Fsp3) is 0.762. The van der Waals surface area contributed by atoms with E-state index in [2.05, 4.69) is 13.2 Å². The highest BCUT2D eigenvalue weighted by atomic mass is 16.7. The zero-order valence-electron chi connectivity index (χ0n) is 16.9. The zero-order valence-corrected chi connectivity index (χ0v) is 16.9. The average molecular weight is 426 g/mol. The van der Waals surface area contributed by atoms with Gasteiger partial charge in [0.25, 0.3) is 0 Å². The van der Waals surface area contributed by atoms with Crippen LogP contribution in [0.25, 0.3) is 0 Å². The van der Waals surface area contributed by atoms with Gasteiger partial charge in [-0.15, -0.1) is 0 Å². The number of aliphatic hydroxyl groups excluding tert-OH is 4. The van der Waals surface area contributed by atoms with Crippen LogP contribution >= 0.6 is 0 Å². The first-order valence-electron chi connectivity index (χ1n) is 10.3. The van der Waals surface area contributed by atoms with Crippen molar-refractivity contribution in [2.24, 2.45) is 17.8 Å². The Morgan fingerprint density at radius 1 is 1.17 bits per heavy atom. The molecule has 2 aliphatic carbocycles. The molecule has 168 valence electrons. The van der Waals surface area contributed by atoms with Crippen LogP contribution in [-0.2, 0) is 19.0 Å². The first kappa shape index (κ1) is 21.9. The van der Waals surface area contributed by atoms with E-state index in [9.17, 15) is 30.3 Å². The van der Waals surface area contributed by atoms with E-state index in [4.69, 9.17) is 14.2 Å². The summed E-state index contributed by atoms with van der Waals surface area (Å²) in [5, 5.41) is 51.2. The number of fused-ring (bicyclic) bond motifs is 3. The maximum absolute atomic E-state index is 12.1. The molecule has 2 saturated carbocycles. The van der Waals surface area contributed by atoms with Gasteiger partial charge in [0.05, 0.1) is 18.3 Å². The average Bonchev–Trinajstić information content (AvgIpc) is 3.06. The molecule has 0 bridgehead atoms. The highest BCUT2D eigenvalue weighted by molar-refractivity contribution is 5.90. The van der Waals surface area contributed by atoms with Crippen molar-refractivity contribution in [3.8, 4) is 0 Å². The second-order valence-electron chi connectivity index (χ2n) is 9.11. The number of aliphatic hydroxyl groups is 5. The normalized spacial score (nSPS) is 51.3. The number of hydrogen-bond donors (Lipinski definition) is 5. The van der Waals surface area contributed by atoms with Gasteiger partial charge in [-0.3, -0.25) is 0 Å². The number of carbonyl (C=O) groups excluding carboxylic acids is 1. The van der Waals surface area contributed by atoms with E-state index in [1.165, 1.54) is 0 Å². The molecular weight excluding hydrogens is 396 g/mol. The van der Waals surface area contributed by atoms with Gasteiger partial charge in [-0.25, -0.2) is 4.79 Å². The van der Waals surface area contributed by atoms with Gasteiger partial charge in [-0.1, -0.05) is 18.7 Å². The van der Waals surface area contributed by atoms with Crippen LogP contribution in [0, 0.1) is 17.8 Å². The van der Waals surface area contributed by atoms with E-state index in [0.29, 0.717) is 24.8 Å². The summed E-state index contributed by atoms with van der Waals surface area (Å²) in [4.78, 5) is 12.1. The van der Waals surface area contributed by atoms with E-state index in [1.807, 2.05) is 0 Å². The van der Waals surface area contributed by atoms with Crippen molar-refractivity contribution in [1.29, 1.82) is 0 Å². The fourth-order valence-corrected chi connectivity index (χ4v) is 5.57. The van der Waals surface area contributed by atoms with E-state index < -0.39 is 67.0 Å². The van der Waals surface area contributed by atoms with Crippen molar-refractivity contribution in [3.05, 3.63) is 24.3 Å². The fourth-order valence-electron chi connectivity index (χ4n) is 5.57. The van der Waals surface area contributed by atoms with E-state index >= 15 is 0 Å².